The molecule has 1 aromatic carbocycles. The van der Waals surface area contributed by atoms with E-state index in [1.807, 2.05) is 0 Å². The summed E-state index contributed by atoms with van der Waals surface area (Å²) < 4.78 is 45.3. The number of carbonyl (C=O) groups excluding carboxylic acids is 1. The molecule has 0 saturated heterocycles. The number of nitrogens with zero attached hydrogens (tertiary/aromatic N) is 4. The molecule has 9 nitrogen and oxygen atoms in total. The molecule has 2 heterocycles. The second kappa shape index (κ2) is 6.87. The lowest BCUT2D eigenvalue weighted by Crippen LogP contribution is -2.24. The van der Waals surface area contributed by atoms with Crippen LogP contribution in [-0.2, 0) is 17.9 Å². The van der Waals surface area contributed by atoms with E-state index in [1.165, 1.54) is 24.3 Å². The zero-order valence-corrected chi connectivity index (χ0v) is 14.8. The van der Waals surface area contributed by atoms with E-state index in [9.17, 15) is 28.1 Å². The van der Waals surface area contributed by atoms with Gasteiger partial charge in [-0.25, -0.2) is 0 Å². The Balaban J connectivity index is 1.72. The second-order valence-electron chi connectivity index (χ2n) is 6.70. The molecule has 29 heavy (non-hydrogen) atoms. The molecule has 2 aromatic heterocycles. The average molecular weight is 409 g/mol. The van der Waals surface area contributed by atoms with Crippen LogP contribution >= 0.6 is 0 Å². The van der Waals surface area contributed by atoms with E-state index in [2.05, 4.69) is 15.5 Å². The van der Waals surface area contributed by atoms with Gasteiger partial charge in [0.05, 0.1) is 28.1 Å². The maximum atomic E-state index is 13.1. The molecule has 4 rings (SSSR count). The van der Waals surface area contributed by atoms with Crippen LogP contribution in [0.15, 0.2) is 28.8 Å². The molecule has 152 valence electrons. The van der Waals surface area contributed by atoms with Crippen molar-refractivity contribution < 1.29 is 27.4 Å². The Morgan fingerprint density at radius 1 is 1.38 bits per heavy atom. The van der Waals surface area contributed by atoms with Crippen molar-refractivity contribution in [2.45, 2.75) is 32.1 Å². The van der Waals surface area contributed by atoms with E-state index in [4.69, 9.17) is 4.52 Å². The molecule has 1 aliphatic rings. The van der Waals surface area contributed by atoms with Gasteiger partial charge >= 0.3 is 6.18 Å². The molecule has 1 amide bonds. The molecule has 1 saturated carbocycles. The van der Waals surface area contributed by atoms with Crippen LogP contribution in [0, 0.1) is 16.0 Å². The van der Waals surface area contributed by atoms with Gasteiger partial charge in [-0.3, -0.25) is 14.9 Å². The summed E-state index contributed by atoms with van der Waals surface area (Å²) in [5, 5.41) is 17.6. The Hall–Kier alpha value is -3.44. The number of carbonyl (C=O) groups is 1. The van der Waals surface area contributed by atoms with Crippen LogP contribution in [0.1, 0.15) is 18.7 Å². The van der Waals surface area contributed by atoms with E-state index < -0.39 is 17.6 Å². The fraction of sp³-hybridized carbons (Fsp3) is 0.353. The van der Waals surface area contributed by atoms with Crippen LogP contribution in [0.4, 0.5) is 18.9 Å². The maximum absolute atomic E-state index is 13.1. The topological polar surface area (TPSA) is 116 Å². The molecule has 0 radical (unpaired) electrons. The summed E-state index contributed by atoms with van der Waals surface area (Å²) >= 11 is 0. The maximum Gasteiger partial charge on any atom is 0.406 e. The van der Waals surface area contributed by atoms with Crippen LogP contribution < -0.4 is 5.32 Å². The van der Waals surface area contributed by atoms with Gasteiger partial charge in [0.1, 0.15) is 6.54 Å². The van der Waals surface area contributed by atoms with Gasteiger partial charge in [0.15, 0.2) is 0 Å². The molecular formula is C17H14F3N5O4. The molecule has 0 unspecified atom stereocenters. The molecule has 3 aromatic rings. The first-order chi connectivity index (χ1) is 13.7. The number of benzene rings is 1. The Morgan fingerprint density at radius 2 is 2.14 bits per heavy atom. The van der Waals surface area contributed by atoms with E-state index in [0.717, 1.165) is 17.4 Å². The van der Waals surface area contributed by atoms with Gasteiger partial charge in [0, 0.05) is 12.0 Å². The number of halogens is 3. The first kappa shape index (κ1) is 18.9. The number of rotatable bonds is 6. The average Bonchev–Trinajstić information content (AvgIpc) is 3.30. The zero-order chi connectivity index (χ0) is 20.8. The summed E-state index contributed by atoms with van der Waals surface area (Å²) in [7, 11) is 0. The van der Waals surface area contributed by atoms with Crippen LogP contribution in [0.3, 0.4) is 0 Å². The lowest BCUT2D eigenvalue weighted by molar-refractivity contribution is -0.383. The fourth-order valence-corrected chi connectivity index (χ4v) is 3.05. The molecule has 1 fully saturated rings. The van der Waals surface area contributed by atoms with E-state index in [1.54, 1.807) is 0 Å². The minimum atomic E-state index is -4.57. The van der Waals surface area contributed by atoms with Crippen LogP contribution in [0.25, 0.3) is 22.4 Å². The van der Waals surface area contributed by atoms with Crippen LogP contribution in [-0.4, -0.2) is 31.7 Å². The van der Waals surface area contributed by atoms with Gasteiger partial charge in [-0.2, -0.15) is 18.2 Å². The molecule has 1 aliphatic carbocycles. The van der Waals surface area contributed by atoms with Crippen molar-refractivity contribution in [1.82, 2.24) is 20.0 Å². The number of nitrogens with one attached hydrogen (secondary N) is 1. The number of non-ortho nitro benzene ring substituents is 1. The summed E-state index contributed by atoms with van der Waals surface area (Å²) in [6.45, 7) is -1.43. The molecule has 0 spiro atoms. The molecule has 0 aliphatic heterocycles. The summed E-state index contributed by atoms with van der Waals surface area (Å²) in [4.78, 5) is 26.3. The highest BCUT2D eigenvalue weighted by atomic mass is 19.4. The Labute approximate surface area is 160 Å². The molecule has 12 heteroatoms. The normalized spacial score (nSPS) is 14.3. The van der Waals surface area contributed by atoms with Crippen molar-refractivity contribution in [1.29, 1.82) is 0 Å². The summed E-state index contributed by atoms with van der Waals surface area (Å²) in [5.74, 6) is -0.304. The van der Waals surface area contributed by atoms with Crippen molar-refractivity contribution in [3.63, 3.8) is 0 Å². The SMILES string of the molecule is O=C(NCc1nc(-c2cc3c([N+](=O)[O-])cccc3n2CC(F)(F)F)no1)C1CC1. The first-order valence-corrected chi connectivity index (χ1v) is 8.67. The van der Waals surface area contributed by atoms with Crippen molar-refractivity contribution in [3.05, 3.63) is 40.3 Å². The van der Waals surface area contributed by atoms with Crippen molar-refractivity contribution >= 4 is 22.5 Å². The van der Waals surface area contributed by atoms with E-state index >= 15 is 0 Å². The highest BCUT2D eigenvalue weighted by Gasteiger charge is 2.32. The third kappa shape index (κ3) is 3.91. The zero-order valence-electron chi connectivity index (χ0n) is 14.8. The largest absolute Gasteiger partial charge is 0.406 e. The van der Waals surface area contributed by atoms with E-state index in [-0.39, 0.29) is 52.4 Å². The minimum Gasteiger partial charge on any atom is -0.347 e. The van der Waals surface area contributed by atoms with Crippen molar-refractivity contribution in [3.8, 4) is 11.5 Å². The fourth-order valence-electron chi connectivity index (χ4n) is 3.05. The Bertz CT molecular complexity index is 1100. The standard InChI is InChI=1S/C17H14F3N5O4/c18-17(19,20)8-24-11-2-1-3-12(25(27)28)10(11)6-13(24)15-22-14(29-23-15)7-21-16(26)9-4-5-9/h1-3,6,9H,4-5,7-8H2,(H,21,26). The number of fused-ring (bicyclic) bond motifs is 1. The van der Waals surface area contributed by atoms with Gasteiger partial charge in [-0.15, -0.1) is 0 Å². The predicted molar refractivity (Wildman–Crippen MR) is 92.5 cm³/mol. The van der Waals surface area contributed by atoms with Gasteiger partial charge in [0.2, 0.25) is 17.6 Å². The summed E-state index contributed by atoms with van der Waals surface area (Å²) in [6.07, 6.45) is -2.94. The van der Waals surface area contributed by atoms with Gasteiger partial charge in [-0.1, -0.05) is 11.2 Å². The second-order valence-corrected chi connectivity index (χ2v) is 6.70. The lowest BCUT2D eigenvalue weighted by Gasteiger charge is -2.11. The number of nitro groups is 1. The minimum absolute atomic E-state index is 0.0207. The number of nitro benzene ring substituents is 1. The summed E-state index contributed by atoms with van der Waals surface area (Å²) in [5.41, 5.74) is -0.375. The quantitative estimate of drug-likeness (QED) is 0.494. The number of hydrogen-bond acceptors (Lipinski definition) is 6. The van der Waals surface area contributed by atoms with Crippen molar-refractivity contribution in [2.24, 2.45) is 5.92 Å². The summed E-state index contributed by atoms with van der Waals surface area (Å²) in [6, 6.07) is 5.11. The third-order valence-corrected chi connectivity index (χ3v) is 4.52. The lowest BCUT2D eigenvalue weighted by atomic mass is 10.2. The predicted octanol–water partition coefficient (Wildman–Crippen LogP) is 3.19. The Morgan fingerprint density at radius 3 is 2.79 bits per heavy atom. The van der Waals surface area contributed by atoms with Crippen LogP contribution in [0.2, 0.25) is 0 Å². The first-order valence-electron chi connectivity index (χ1n) is 8.67. The van der Waals surface area contributed by atoms with Gasteiger partial charge in [-0.05, 0) is 25.0 Å². The smallest absolute Gasteiger partial charge is 0.347 e. The molecule has 0 atom stereocenters. The molecule has 0 bridgehead atoms. The van der Waals surface area contributed by atoms with Crippen LogP contribution in [0.5, 0.6) is 0 Å². The number of alkyl halides is 3. The highest BCUT2D eigenvalue weighted by molar-refractivity contribution is 5.93. The third-order valence-electron chi connectivity index (χ3n) is 4.52. The Kier molecular flexibility index (Phi) is 4.47. The van der Waals surface area contributed by atoms with Crippen molar-refractivity contribution in [2.75, 3.05) is 0 Å². The molecule has 1 N–H and O–H groups in total. The number of aromatic nitrogens is 3. The molecular weight excluding hydrogens is 395 g/mol. The monoisotopic (exact) mass is 409 g/mol. The highest BCUT2D eigenvalue weighted by Crippen LogP contribution is 2.35. The van der Waals surface area contributed by atoms with Gasteiger partial charge < -0.3 is 14.4 Å². The number of amides is 1. The van der Waals surface area contributed by atoms with E-state index in [0.29, 0.717) is 0 Å². The number of hydrogen-bond donors (Lipinski definition) is 1. The van der Waals surface area contributed by atoms with Gasteiger partial charge in [0.25, 0.3) is 5.69 Å².